The lowest BCUT2D eigenvalue weighted by atomic mass is 9.86. The molecule has 3 rings (SSSR count). The molecule has 0 unspecified atom stereocenters. The van der Waals surface area contributed by atoms with Crippen LogP contribution in [0.2, 0.25) is 0 Å². The van der Waals surface area contributed by atoms with Gasteiger partial charge in [0.25, 0.3) is 0 Å². The summed E-state index contributed by atoms with van der Waals surface area (Å²) in [5.74, 6) is 1.05. The van der Waals surface area contributed by atoms with Gasteiger partial charge < -0.3 is 9.52 Å². The van der Waals surface area contributed by atoms with Crippen LogP contribution < -0.4 is 0 Å². The third-order valence-electron chi connectivity index (χ3n) is 4.54. The van der Waals surface area contributed by atoms with Crippen LogP contribution in [0.15, 0.2) is 22.8 Å². The van der Waals surface area contributed by atoms with Gasteiger partial charge in [-0.05, 0) is 37.8 Å². The predicted octanol–water partition coefficient (Wildman–Crippen LogP) is 2.80. The zero-order chi connectivity index (χ0) is 12.4. The van der Waals surface area contributed by atoms with E-state index in [4.69, 9.17) is 4.42 Å². The Morgan fingerprint density at radius 3 is 2.67 bits per heavy atom. The van der Waals surface area contributed by atoms with Gasteiger partial charge in [0.2, 0.25) is 0 Å². The van der Waals surface area contributed by atoms with E-state index in [1.165, 1.54) is 38.5 Å². The standard InChI is InChI=1S/C15H23NO2/c17-12-15(7-1-2-8-15)11-16(13-5-6-13)10-14-4-3-9-18-14/h3-4,9,13,17H,1-2,5-8,10-12H2. The Bertz CT molecular complexity index is 364. The third-order valence-corrected chi connectivity index (χ3v) is 4.54. The monoisotopic (exact) mass is 249 g/mol. The maximum absolute atomic E-state index is 9.74. The second kappa shape index (κ2) is 5.06. The van der Waals surface area contributed by atoms with E-state index in [9.17, 15) is 5.11 Å². The minimum atomic E-state index is 0.162. The van der Waals surface area contributed by atoms with Gasteiger partial charge in [0, 0.05) is 24.6 Å². The molecule has 18 heavy (non-hydrogen) atoms. The maximum Gasteiger partial charge on any atom is 0.117 e. The van der Waals surface area contributed by atoms with Crippen LogP contribution in [-0.4, -0.2) is 29.2 Å². The smallest absolute Gasteiger partial charge is 0.117 e. The van der Waals surface area contributed by atoms with Crippen LogP contribution in [0, 0.1) is 5.41 Å². The first-order valence-electron chi connectivity index (χ1n) is 7.19. The highest BCUT2D eigenvalue weighted by atomic mass is 16.3. The fourth-order valence-electron chi connectivity index (χ4n) is 3.28. The average molecular weight is 249 g/mol. The van der Waals surface area contributed by atoms with Crippen molar-refractivity contribution in [3.8, 4) is 0 Å². The zero-order valence-corrected chi connectivity index (χ0v) is 11.0. The number of hydrogen-bond donors (Lipinski definition) is 1. The van der Waals surface area contributed by atoms with Crippen molar-refractivity contribution in [2.45, 2.75) is 51.1 Å². The fourth-order valence-corrected chi connectivity index (χ4v) is 3.28. The van der Waals surface area contributed by atoms with Crippen LogP contribution >= 0.6 is 0 Å². The third kappa shape index (κ3) is 2.62. The van der Waals surface area contributed by atoms with Crippen molar-refractivity contribution in [1.82, 2.24) is 4.90 Å². The van der Waals surface area contributed by atoms with Crippen molar-refractivity contribution in [1.29, 1.82) is 0 Å². The fraction of sp³-hybridized carbons (Fsp3) is 0.733. The van der Waals surface area contributed by atoms with E-state index in [2.05, 4.69) is 11.0 Å². The van der Waals surface area contributed by atoms with Gasteiger partial charge in [-0.3, -0.25) is 4.90 Å². The molecule has 100 valence electrons. The summed E-state index contributed by atoms with van der Waals surface area (Å²) in [6, 6.07) is 4.73. The number of rotatable bonds is 6. The molecule has 0 aromatic carbocycles. The van der Waals surface area contributed by atoms with Crippen LogP contribution in [0.3, 0.4) is 0 Å². The van der Waals surface area contributed by atoms with Crippen LogP contribution in [0.4, 0.5) is 0 Å². The number of hydrogen-bond acceptors (Lipinski definition) is 3. The lowest BCUT2D eigenvalue weighted by Gasteiger charge is -2.33. The number of furan rings is 1. The summed E-state index contributed by atoms with van der Waals surface area (Å²) >= 11 is 0. The van der Waals surface area contributed by atoms with Gasteiger partial charge in [-0.1, -0.05) is 12.8 Å². The summed E-state index contributed by atoms with van der Waals surface area (Å²) in [6.45, 7) is 2.28. The van der Waals surface area contributed by atoms with Crippen LogP contribution in [0.5, 0.6) is 0 Å². The van der Waals surface area contributed by atoms with Crippen molar-refractivity contribution >= 4 is 0 Å². The van der Waals surface area contributed by atoms with E-state index in [1.54, 1.807) is 6.26 Å². The van der Waals surface area contributed by atoms with E-state index < -0.39 is 0 Å². The predicted molar refractivity (Wildman–Crippen MR) is 70.1 cm³/mol. The lowest BCUT2D eigenvalue weighted by Crippen LogP contribution is -2.39. The summed E-state index contributed by atoms with van der Waals surface area (Å²) < 4.78 is 5.47. The lowest BCUT2D eigenvalue weighted by molar-refractivity contribution is 0.0679. The molecule has 1 aromatic heterocycles. The summed E-state index contributed by atoms with van der Waals surface area (Å²) in [5, 5.41) is 9.74. The molecule has 3 nitrogen and oxygen atoms in total. The molecule has 1 heterocycles. The molecule has 1 aromatic rings. The summed E-state index contributed by atoms with van der Waals surface area (Å²) in [6.07, 6.45) is 9.29. The molecule has 0 atom stereocenters. The van der Waals surface area contributed by atoms with Crippen molar-refractivity contribution in [2.75, 3.05) is 13.2 Å². The second-order valence-corrected chi connectivity index (χ2v) is 6.08. The first-order valence-corrected chi connectivity index (χ1v) is 7.19. The molecule has 2 aliphatic carbocycles. The number of aliphatic hydroxyl groups excluding tert-OH is 1. The van der Waals surface area contributed by atoms with Gasteiger partial charge >= 0.3 is 0 Å². The molecule has 2 aliphatic rings. The molecule has 2 saturated carbocycles. The van der Waals surface area contributed by atoms with Gasteiger partial charge in [0.1, 0.15) is 5.76 Å². The minimum absolute atomic E-state index is 0.162. The van der Waals surface area contributed by atoms with Crippen molar-refractivity contribution in [3.63, 3.8) is 0 Å². The Morgan fingerprint density at radius 2 is 2.11 bits per heavy atom. The normalized spacial score (nSPS) is 22.8. The van der Waals surface area contributed by atoms with Gasteiger partial charge in [-0.15, -0.1) is 0 Å². The molecule has 0 radical (unpaired) electrons. The highest BCUT2D eigenvalue weighted by molar-refractivity contribution is 5.01. The van der Waals surface area contributed by atoms with E-state index >= 15 is 0 Å². The minimum Gasteiger partial charge on any atom is -0.468 e. The largest absolute Gasteiger partial charge is 0.468 e. The molecule has 3 heteroatoms. The molecule has 0 spiro atoms. The van der Waals surface area contributed by atoms with Gasteiger partial charge in [0.05, 0.1) is 12.8 Å². The molecule has 1 N–H and O–H groups in total. The summed E-state index contributed by atoms with van der Waals surface area (Å²) in [7, 11) is 0. The summed E-state index contributed by atoms with van der Waals surface area (Å²) in [4.78, 5) is 2.53. The van der Waals surface area contributed by atoms with Crippen molar-refractivity contribution in [2.24, 2.45) is 5.41 Å². The van der Waals surface area contributed by atoms with Crippen LogP contribution in [-0.2, 0) is 6.54 Å². The Hall–Kier alpha value is -0.800. The second-order valence-electron chi connectivity index (χ2n) is 6.08. The van der Waals surface area contributed by atoms with Gasteiger partial charge in [0.15, 0.2) is 0 Å². The Kier molecular flexibility index (Phi) is 3.44. The zero-order valence-electron chi connectivity index (χ0n) is 11.0. The van der Waals surface area contributed by atoms with E-state index in [-0.39, 0.29) is 5.41 Å². The highest BCUT2D eigenvalue weighted by Gasteiger charge is 2.39. The molecule has 0 amide bonds. The van der Waals surface area contributed by atoms with Crippen LogP contribution in [0.1, 0.15) is 44.3 Å². The quantitative estimate of drug-likeness (QED) is 0.842. The molecular weight excluding hydrogens is 226 g/mol. The molecular formula is C15H23NO2. The SMILES string of the molecule is OCC1(CN(Cc2ccco2)C2CC2)CCCC1. The Morgan fingerprint density at radius 1 is 1.33 bits per heavy atom. The van der Waals surface area contributed by atoms with Gasteiger partial charge in [-0.2, -0.15) is 0 Å². The number of nitrogens with zero attached hydrogens (tertiary/aromatic N) is 1. The first-order chi connectivity index (χ1) is 8.81. The Labute approximate surface area is 109 Å². The van der Waals surface area contributed by atoms with Gasteiger partial charge in [-0.25, -0.2) is 0 Å². The van der Waals surface area contributed by atoms with E-state index in [0.717, 1.165) is 24.9 Å². The summed E-state index contributed by atoms with van der Waals surface area (Å²) in [5.41, 5.74) is 0.162. The van der Waals surface area contributed by atoms with E-state index in [0.29, 0.717) is 6.61 Å². The molecule has 2 fully saturated rings. The van der Waals surface area contributed by atoms with Crippen LogP contribution in [0.25, 0.3) is 0 Å². The average Bonchev–Trinajstić information content (AvgIpc) is 2.92. The topological polar surface area (TPSA) is 36.6 Å². The molecule has 0 aliphatic heterocycles. The molecule has 0 saturated heterocycles. The maximum atomic E-state index is 9.74. The van der Waals surface area contributed by atoms with Crippen molar-refractivity contribution in [3.05, 3.63) is 24.2 Å². The first kappa shape index (κ1) is 12.2. The Balaban J connectivity index is 1.66. The molecule has 0 bridgehead atoms. The van der Waals surface area contributed by atoms with E-state index in [1.807, 2.05) is 6.07 Å². The number of aliphatic hydroxyl groups is 1. The van der Waals surface area contributed by atoms with Crippen molar-refractivity contribution < 1.29 is 9.52 Å². The highest BCUT2D eigenvalue weighted by Crippen LogP contribution is 2.41.